The molecule has 32 heavy (non-hydrogen) atoms. The van der Waals surface area contributed by atoms with Crippen LogP contribution in [0.5, 0.6) is 0 Å². The fourth-order valence-corrected chi connectivity index (χ4v) is 5.77. The molecule has 170 valence electrons. The first kappa shape index (κ1) is 23.1. The predicted molar refractivity (Wildman–Crippen MR) is 121 cm³/mol. The van der Waals surface area contributed by atoms with Gasteiger partial charge in [0.25, 0.3) is 0 Å². The van der Waals surface area contributed by atoms with Crippen LogP contribution in [-0.4, -0.2) is 26.4 Å². The topological polar surface area (TPSA) is 59.8 Å². The summed E-state index contributed by atoms with van der Waals surface area (Å²) in [7, 11) is 1.84. The number of amides is 1. The van der Waals surface area contributed by atoms with E-state index < -0.39 is 17.6 Å². The molecule has 2 heterocycles. The average molecular weight is 501 g/mol. The number of carbonyl (C=O) groups excluding carboxylic acids is 1. The number of thiophene rings is 1. The van der Waals surface area contributed by atoms with E-state index in [1.165, 1.54) is 10.4 Å². The van der Waals surface area contributed by atoms with Crippen LogP contribution in [-0.2, 0) is 30.9 Å². The summed E-state index contributed by atoms with van der Waals surface area (Å²) in [6.45, 7) is 2.26. The van der Waals surface area contributed by atoms with Gasteiger partial charge in [-0.1, -0.05) is 30.3 Å². The van der Waals surface area contributed by atoms with Gasteiger partial charge in [0.15, 0.2) is 11.0 Å². The SMILES string of the molecule is C[C@@H]1CCc2c(-c3nnc(SCC(=O)Nc4cc(C(F)(F)F)ccc4Cl)n3C)csc2C1. The number of benzene rings is 1. The largest absolute Gasteiger partial charge is 0.416 e. The van der Waals surface area contributed by atoms with Crippen molar-refractivity contribution in [2.24, 2.45) is 13.0 Å². The summed E-state index contributed by atoms with van der Waals surface area (Å²) in [5, 5.41) is 13.7. The summed E-state index contributed by atoms with van der Waals surface area (Å²) in [6, 6.07) is 2.81. The Kier molecular flexibility index (Phi) is 6.56. The van der Waals surface area contributed by atoms with Gasteiger partial charge in [-0.25, -0.2) is 0 Å². The Labute approximate surface area is 196 Å². The quantitative estimate of drug-likeness (QED) is 0.432. The molecule has 0 saturated heterocycles. The molecule has 1 aliphatic rings. The van der Waals surface area contributed by atoms with Gasteiger partial charge in [0.05, 0.1) is 22.0 Å². The molecule has 1 aliphatic carbocycles. The molecule has 3 aromatic rings. The van der Waals surface area contributed by atoms with Crippen LogP contribution < -0.4 is 5.32 Å². The van der Waals surface area contributed by atoms with E-state index in [2.05, 4.69) is 27.8 Å². The van der Waals surface area contributed by atoms with Gasteiger partial charge in [-0.2, -0.15) is 13.2 Å². The highest BCUT2D eigenvalue weighted by Gasteiger charge is 2.31. The number of rotatable bonds is 5. The van der Waals surface area contributed by atoms with Gasteiger partial charge in [0.1, 0.15) is 0 Å². The Morgan fingerprint density at radius 2 is 2.16 bits per heavy atom. The monoisotopic (exact) mass is 500 g/mol. The van der Waals surface area contributed by atoms with Crippen LogP contribution in [0.15, 0.2) is 28.7 Å². The number of halogens is 4. The second kappa shape index (κ2) is 9.07. The number of carbonyl (C=O) groups is 1. The maximum absolute atomic E-state index is 12.9. The van der Waals surface area contributed by atoms with Gasteiger partial charge in [0, 0.05) is 22.9 Å². The second-order valence-corrected chi connectivity index (χ2v) is 10.1. The first-order valence-electron chi connectivity index (χ1n) is 9.92. The van der Waals surface area contributed by atoms with Gasteiger partial charge in [-0.15, -0.1) is 21.5 Å². The molecular formula is C21H20ClF3N4OS2. The molecule has 0 saturated carbocycles. The summed E-state index contributed by atoms with van der Waals surface area (Å²) in [5.74, 6) is 0.907. The molecular weight excluding hydrogens is 481 g/mol. The zero-order chi connectivity index (χ0) is 23.0. The van der Waals surface area contributed by atoms with Crippen molar-refractivity contribution in [1.29, 1.82) is 0 Å². The lowest BCUT2D eigenvalue weighted by molar-refractivity contribution is -0.137. The molecule has 1 aromatic carbocycles. The van der Waals surface area contributed by atoms with E-state index in [-0.39, 0.29) is 16.5 Å². The van der Waals surface area contributed by atoms with Crippen LogP contribution in [0.25, 0.3) is 11.4 Å². The fourth-order valence-electron chi connectivity index (χ4n) is 3.65. The molecule has 1 N–H and O–H groups in total. The van der Waals surface area contributed by atoms with Crippen molar-refractivity contribution in [3.63, 3.8) is 0 Å². The van der Waals surface area contributed by atoms with Crippen molar-refractivity contribution in [2.45, 2.75) is 37.5 Å². The molecule has 0 fully saturated rings. The van der Waals surface area contributed by atoms with E-state index in [0.717, 1.165) is 60.6 Å². The third kappa shape index (κ3) is 4.82. The first-order chi connectivity index (χ1) is 15.1. The highest BCUT2D eigenvalue weighted by Crippen LogP contribution is 2.38. The third-order valence-electron chi connectivity index (χ3n) is 5.38. The van der Waals surface area contributed by atoms with Crippen LogP contribution in [0.3, 0.4) is 0 Å². The van der Waals surface area contributed by atoms with Crippen molar-refractivity contribution in [2.75, 3.05) is 11.1 Å². The number of nitrogens with zero attached hydrogens (tertiary/aromatic N) is 3. The molecule has 4 rings (SSSR count). The molecule has 0 unspecified atom stereocenters. The Balaban J connectivity index is 1.44. The van der Waals surface area contributed by atoms with Crippen LogP contribution in [0.2, 0.25) is 5.02 Å². The minimum absolute atomic E-state index is 0.0360. The van der Waals surface area contributed by atoms with Gasteiger partial charge in [-0.3, -0.25) is 4.79 Å². The summed E-state index contributed by atoms with van der Waals surface area (Å²) < 4.78 is 40.6. The second-order valence-electron chi connectivity index (χ2n) is 7.79. The number of hydrogen-bond donors (Lipinski definition) is 1. The summed E-state index contributed by atoms with van der Waals surface area (Å²) >= 11 is 8.85. The molecule has 1 atom stereocenters. The molecule has 0 bridgehead atoms. The Morgan fingerprint density at radius 3 is 2.91 bits per heavy atom. The Hall–Kier alpha value is -2.04. The highest BCUT2D eigenvalue weighted by molar-refractivity contribution is 7.99. The Morgan fingerprint density at radius 1 is 1.38 bits per heavy atom. The zero-order valence-electron chi connectivity index (χ0n) is 17.3. The molecule has 1 amide bonds. The van der Waals surface area contributed by atoms with Gasteiger partial charge < -0.3 is 9.88 Å². The van der Waals surface area contributed by atoms with Crippen LogP contribution in [0.4, 0.5) is 18.9 Å². The van der Waals surface area contributed by atoms with Crippen molar-refractivity contribution >= 4 is 46.3 Å². The lowest BCUT2D eigenvalue weighted by Gasteiger charge is -2.18. The molecule has 0 radical (unpaired) electrons. The van der Waals surface area contributed by atoms with Gasteiger partial charge >= 0.3 is 6.18 Å². The Bertz CT molecular complexity index is 1160. The first-order valence-corrected chi connectivity index (χ1v) is 12.2. The number of alkyl halides is 3. The van der Waals surface area contributed by atoms with E-state index in [9.17, 15) is 18.0 Å². The molecule has 2 aromatic heterocycles. The van der Waals surface area contributed by atoms with Crippen LogP contribution >= 0.6 is 34.7 Å². The van der Waals surface area contributed by atoms with E-state index in [1.807, 2.05) is 11.6 Å². The zero-order valence-corrected chi connectivity index (χ0v) is 19.7. The predicted octanol–water partition coefficient (Wildman–Crippen LogP) is 6.07. The summed E-state index contributed by atoms with van der Waals surface area (Å²) in [4.78, 5) is 13.7. The van der Waals surface area contributed by atoms with Gasteiger partial charge in [0.2, 0.25) is 5.91 Å². The normalized spacial score (nSPS) is 16.1. The number of hydrogen-bond acceptors (Lipinski definition) is 5. The lowest BCUT2D eigenvalue weighted by atomic mass is 9.88. The number of thioether (sulfide) groups is 1. The number of anilines is 1. The third-order valence-corrected chi connectivity index (χ3v) is 7.78. The van der Waals surface area contributed by atoms with Gasteiger partial charge in [-0.05, 0) is 48.9 Å². The van der Waals surface area contributed by atoms with E-state index in [1.54, 1.807) is 11.3 Å². The smallest absolute Gasteiger partial charge is 0.324 e. The molecule has 0 aliphatic heterocycles. The highest BCUT2D eigenvalue weighted by atomic mass is 35.5. The number of fused-ring (bicyclic) bond motifs is 1. The standard InChI is InChI=1S/C21H20ClF3N4OS2/c1-11-3-5-13-14(9-31-17(13)7-11)19-27-28-20(29(19)2)32-10-18(30)26-16-8-12(21(23,24)25)4-6-15(16)22/h4,6,8-9,11H,3,5,7,10H2,1-2H3,(H,26,30)/t11-/m1/s1. The van der Waals surface area contributed by atoms with Crippen molar-refractivity contribution in [1.82, 2.24) is 14.8 Å². The molecule has 0 spiro atoms. The fraction of sp³-hybridized carbons (Fsp3) is 0.381. The molecule has 11 heteroatoms. The lowest BCUT2D eigenvalue weighted by Crippen LogP contribution is -2.16. The molecule has 5 nitrogen and oxygen atoms in total. The van der Waals surface area contributed by atoms with Crippen LogP contribution in [0.1, 0.15) is 29.3 Å². The minimum Gasteiger partial charge on any atom is -0.324 e. The maximum atomic E-state index is 12.9. The van der Waals surface area contributed by atoms with Crippen molar-refractivity contribution < 1.29 is 18.0 Å². The van der Waals surface area contributed by atoms with E-state index >= 15 is 0 Å². The van der Waals surface area contributed by atoms with Crippen molar-refractivity contribution in [3.05, 3.63) is 44.6 Å². The maximum Gasteiger partial charge on any atom is 0.416 e. The van der Waals surface area contributed by atoms with Crippen molar-refractivity contribution in [3.8, 4) is 11.4 Å². The average Bonchev–Trinajstić information content (AvgIpc) is 3.29. The van der Waals surface area contributed by atoms with E-state index in [4.69, 9.17) is 11.6 Å². The number of aromatic nitrogens is 3. The summed E-state index contributed by atoms with van der Waals surface area (Å²) in [5.41, 5.74) is 1.46. The van der Waals surface area contributed by atoms with E-state index in [0.29, 0.717) is 11.1 Å². The minimum atomic E-state index is -4.52. The van der Waals surface area contributed by atoms with Crippen LogP contribution in [0, 0.1) is 5.92 Å². The summed E-state index contributed by atoms with van der Waals surface area (Å²) in [6.07, 6.45) is -1.27. The number of nitrogens with one attached hydrogen (secondary N) is 1.